The Bertz CT molecular complexity index is 390. The maximum atomic E-state index is 11.0. The Kier molecular flexibility index (Phi) is 4.97. The minimum Gasteiger partial charge on any atom is -0.496 e. The molecule has 0 amide bonds. The molecule has 0 aliphatic carbocycles. The Labute approximate surface area is 102 Å². The fraction of sp³-hybridized carbons (Fsp3) is 0.462. The van der Waals surface area contributed by atoms with Gasteiger partial charge >= 0.3 is 5.97 Å². The zero-order valence-electron chi connectivity index (χ0n) is 10.7. The molecule has 0 fully saturated rings. The first-order valence-electron chi connectivity index (χ1n) is 5.53. The normalized spacial score (nSPS) is 12.0. The zero-order chi connectivity index (χ0) is 12.8. The summed E-state index contributed by atoms with van der Waals surface area (Å²) in [5.74, 6) is 0.554. The molecule has 17 heavy (non-hydrogen) atoms. The van der Waals surface area contributed by atoms with Crippen LogP contribution in [0.3, 0.4) is 0 Å². The lowest BCUT2D eigenvalue weighted by Gasteiger charge is -2.17. The third-order valence-electron chi connectivity index (χ3n) is 2.64. The molecule has 1 atom stereocenters. The maximum absolute atomic E-state index is 11.0. The maximum Gasteiger partial charge on any atom is 0.319 e. The van der Waals surface area contributed by atoms with Crippen molar-refractivity contribution >= 4 is 5.97 Å². The van der Waals surface area contributed by atoms with Crippen LogP contribution < -0.4 is 10.1 Å². The molecule has 4 nitrogen and oxygen atoms in total. The molecule has 0 aliphatic heterocycles. The van der Waals surface area contributed by atoms with Gasteiger partial charge in [-0.1, -0.05) is 12.1 Å². The van der Waals surface area contributed by atoms with Crippen molar-refractivity contribution in [1.82, 2.24) is 5.32 Å². The predicted molar refractivity (Wildman–Crippen MR) is 66.2 cm³/mol. The van der Waals surface area contributed by atoms with Crippen molar-refractivity contribution in [3.63, 3.8) is 0 Å². The molecule has 1 rings (SSSR count). The van der Waals surface area contributed by atoms with E-state index >= 15 is 0 Å². The van der Waals surface area contributed by atoms with Crippen molar-refractivity contribution in [3.8, 4) is 5.75 Å². The van der Waals surface area contributed by atoms with E-state index in [1.807, 2.05) is 32.0 Å². The predicted octanol–water partition coefficient (Wildman–Crippen LogP) is 1.83. The lowest BCUT2D eigenvalue weighted by molar-refractivity contribution is -0.139. The summed E-state index contributed by atoms with van der Waals surface area (Å²) in [6.07, 6.45) is 0. The number of carbonyl (C=O) groups excluding carboxylic acids is 1. The number of hydrogen-bond donors (Lipinski definition) is 1. The highest BCUT2D eigenvalue weighted by Crippen LogP contribution is 2.25. The number of methoxy groups -OCH3 is 2. The van der Waals surface area contributed by atoms with Gasteiger partial charge in [0, 0.05) is 11.6 Å². The summed E-state index contributed by atoms with van der Waals surface area (Å²) < 4.78 is 9.90. The second kappa shape index (κ2) is 6.25. The van der Waals surface area contributed by atoms with Gasteiger partial charge in [-0.05, 0) is 25.5 Å². The van der Waals surface area contributed by atoms with E-state index in [-0.39, 0.29) is 18.6 Å². The average Bonchev–Trinajstić information content (AvgIpc) is 2.35. The SMILES string of the molecule is COC(=O)CNC(C)c1ccc(C)cc1OC. The standard InChI is InChI=1S/C13H19NO3/c1-9-5-6-11(12(7-9)16-3)10(2)14-8-13(15)17-4/h5-7,10,14H,8H2,1-4H3. The van der Waals surface area contributed by atoms with Gasteiger partial charge in [0.25, 0.3) is 0 Å². The van der Waals surface area contributed by atoms with Crippen LogP contribution in [0.5, 0.6) is 5.75 Å². The van der Waals surface area contributed by atoms with Crippen molar-refractivity contribution in [2.24, 2.45) is 0 Å². The highest BCUT2D eigenvalue weighted by molar-refractivity contribution is 5.71. The van der Waals surface area contributed by atoms with Gasteiger partial charge in [0.05, 0.1) is 20.8 Å². The number of ether oxygens (including phenoxy) is 2. The van der Waals surface area contributed by atoms with E-state index in [0.29, 0.717) is 0 Å². The third kappa shape index (κ3) is 3.75. The average molecular weight is 237 g/mol. The van der Waals surface area contributed by atoms with Gasteiger partial charge in [0.15, 0.2) is 0 Å². The summed E-state index contributed by atoms with van der Waals surface area (Å²) in [5, 5.41) is 3.09. The van der Waals surface area contributed by atoms with E-state index in [1.165, 1.54) is 7.11 Å². The first kappa shape index (κ1) is 13.5. The molecule has 0 heterocycles. The van der Waals surface area contributed by atoms with Crippen LogP contribution in [-0.4, -0.2) is 26.7 Å². The molecular weight excluding hydrogens is 218 g/mol. The number of rotatable bonds is 5. The van der Waals surface area contributed by atoms with Gasteiger partial charge in [-0.2, -0.15) is 0 Å². The summed E-state index contributed by atoms with van der Waals surface area (Å²) >= 11 is 0. The van der Waals surface area contributed by atoms with E-state index in [0.717, 1.165) is 16.9 Å². The van der Waals surface area contributed by atoms with Crippen LogP contribution in [0.2, 0.25) is 0 Å². The second-order valence-electron chi connectivity index (χ2n) is 3.92. The number of carbonyl (C=O) groups is 1. The zero-order valence-corrected chi connectivity index (χ0v) is 10.7. The van der Waals surface area contributed by atoms with Gasteiger partial charge < -0.3 is 14.8 Å². The molecule has 1 aromatic rings. The van der Waals surface area contributed by atoms with E-state index < -0.39 is 0 Å². The topological polar surface area (TPSA) is 47.6 Å². The summed E-state index contributed by atoms with van der Waals surface area (Å²) in [4.78, 5) is 11.0. The van der Waals surface area contributed by atoms with Gasteiger partial charge in [0.2, 0.25) is 0 Å². The van der Waals surface area contributed by atoms with Crippen molar-refractivity contribution < 1.29 is 14.3 Å². The quantitative estimate of drug-likeness (QED) is 0.794. The fourth-order valence-corrected chi connectivity index (χ4v) is 1.59. The minimum atomic E-state index is -0.275. The lowest BCUT2D eigenvalue weighted by atomic mass is 10.1. The third-order valence-corrected chi connectivity index (χ3v) is 2.64. The fourth-order valence-electron chi connectivity index (χ4n) is 1.59. The summed E-state index contributed by atoms with van der Waals surface area (Å²) in [7, 11) is 3.02. The van der Waals surface area contributed by atoms with Gasteiger partial charge in [0.1, 0.15) is 5.75 Å². The number of benzene rings is 1. The van der Waals surface area contributed by atoms with Crippen molar-refractivity contribution in [1.29, 1.82) is 0 Å². The number of esters is 1. The molecule has 0 aromatic heterocycles. The minimum absolute atomic E-state index is 0.0321. The van der Waals surface area contributed by atoms with Crippen molar-refractivity contribution in [2.75, 3.05) is 20.8 Å². The highest BCUT2D eigenvalue weighted by atomic mass is 16.5. The second-order valence-corrected chi connectivity index (χ2v) is 3.92. The lowest BCUT2D eigenvalue weighted by Crippen LogP contribution is -2.26. The van der Waals surface area contributed by atoms with Crippen LogP contribution in [0.4, 0.5) is 0 Å². The number of nitrogens with one attached hydrogen (secondary N) is 1. The molecule has 4 heteroatoms. The molecule has 0 aliphatic rings. The van der Waals surface area contributed by atoms with Crippen LogP contribution in [-0.2, 0) is 9.53 Å². The van der Waals surface area contributed by atoms with Crippen molar-refractivity contribution in [2.45, 2.75) is 19.9 Å². The first-order valence-corrected chi connectivity index (χ1v) is 5.53. The van der Waals surface area contributed by atoms with E-state index in [2.05, 4.69) is 10.1 Å². The van der Waals surface area contributed by atoms with Crippen LogP contribution in [0.1, 0.15) is 24.1 Å². The van der Waals surface area contributed by atoms with E-state index in [1.54, 1.807) is 7.11 Å². The van der Waals surface area contributed by atoms with Gasteiger partial charge in [-0.25, -0.2) is 0 Å². The van der Waals surface area contributed by atoms with Crippen molar-refractivity contribution in [3.05, 3.63) is 29.3 Å². The first-order chi connectivity index (χ1) is 8.08. The Morgan fingerprint density at radius 1 is 1.41 bits per heavy atom. The van der Waals surface area contributed by atoms with Crippen LogP contribution in [0.15, 0.2) is 18.2 Å². The molecule has 1 N–H and O–H groups in total. The van der Waals surface area contributed by atoms with Gasteiger partial charge in [-0.15, -0.1) is 0 Å². The highest BCUT2D eigenvalue weighted by Gasteiger charge is 2.12. The summed E-state index contributed by atoms with van der Waals surface area (Å²) in [6, 6.07) is 6.04. The van der Waals surface area contributed by atoms with E-state index in [4.69, 9.17) is 4.74 Å². The Balaban J connectivity index is 2.74. The smallest absolute Gasteiger partial charge is 0.319 e. The number of hydrogen-bond acceptors (Lipinski definition) is 4. The molecule has 1 unspecified atom stereocenters. The molecule has 0 spiro atoms. The van der Waals surface area contributed by atoms with Crippen LogP contribution in [0, 0.1) is 6.92 Å². The molecule has 0 saturated carbocycles. The number of aryl methyl sites for hydroxylation is 1. The van der Waals surface area contributed by atoms with Gasteiger partial charge in [-0.3, -0.25) is 4.79 Å². The largest absolute Gasteiger partial charge is 0.496 e. The molecular formula is C13H19NO3. The summed E-state index contributed by atoms with van der Waals surface area (Å²) in [5.41, 5.74) is 2.17. The Morgan fingerprint density at radius 3 is 2.71 bits per heavy atom. The molecule has 0 saturated heterocycles. The monoisotopic (exact) mass is 237 g/mol. The van der Waals surface area contributed by atoms with Crippen LogP contribution in [0.25, 0.3) is 0 Å². The Morgan fingerprint density at radius 2 is 2.12 bits per heavy atom. The van der Waals surface area contributed by atoms with E-state index in [9.17, 15) is 4.79 Å². The Hall–Kier alpha value is -1.55. The molecule has 94 valence electrons. The van der Waals surface area contributed by atoms with Crippen LogP contribution >= 0.6 is 0 Å². The summed E-state index contributed by atoms with van der Waals surface area (Å²) in [6.45, 7) is 4.18. The molecule has 0 radical (unpaired) electrons. The molecule has 1 aromatic carbocycles. The molecule has 0 bridgehead atoms.